The van der Waals surface area contributed by atoms with Crippen LogP contribution >= 0.6 is 0 Å². The average molecular weight is 258 g/mol. The zero-order valence-corrected chi connectivity index (χ0v) is 11.2. The molecule has 0 atom stereocenters. The molecule has 96 valence electrons. The number of nitrogens with one attached hydrogen (secondary N) is 1. The molecule has 2 heteroatoms. The van der Waals surface area contributed by atoms with Gasteiger partial charge in [0.1, 0.15) is 0 Å². The standard InChI is InChI=1S/C18H14N2/c1-12-8-9-15-14-6-2-3-7-16(14)20-18(15)17(12)13-5-4-10-19-11-13/h2-11,20H,1H3. The Morgan fingerprint density at radius 2 is 1.80 bits per heavy atom. The Hall–Kier alpha value is -2.61. The molecule has 0 amide bonds. The number of aromatic amines is 1. The zero-order chi connectivity index (χ0) is 13.5. The van der Waals surface area contributed by atoms with Crippen molar-refractivity contribution >= 4 is 21.8 Å². The lowest BCUT2D eigenvalue weighted by Gasteiger charge is -2.07. The number of rotatable bonds is 1. The molecule has 0 unspecified atom stereocenters. The van der Waals surface area contributed by atoms with E-state index in [-0.39, 0.29) is 0 Å². The first-order chi connectivity index (χ1) is 9.84. The number of nitrogens with zero attached hydrogens (tertiary/aromatic N) is 1. The van der Waals surface area contributed by atoms with Crippen molar-refractivity contribution in [2.24, 2.45) is 0 Å². The molecule has 2 aromatic heterocycles. The second kappa shape index (κ2) is 4.20. The fourth-order valence-electron chi connectivity index (χ4n) is 2.91. The molecule has 0 aliphatic carbocycles. The van der Waals surface area contributed by atoms with Gasteiger partial charge in [0.25, 0.3) is 0 Å². The van der Waals surface area contributed by atoms with Gasteiger partial charge in [0.15, 0.2) is 0 Å². The van der Waals surface area contributed by atoms with E-state index in [1.54, 1.807) is 0 Å². The lowest BCUT2D eigenvalue weighted by Crippen LogP contribution is -1.86. The fourth-order valence-corrected chi connectivity index (χ4v) is 2.91. The third-order valence-electron chi connectivity index (χ3n) is 3.84. The Kier molecular flexibility index (Phi) is 2.36. The molecule has 1 N–H and O–H groups in total. The molecule has 2 heterocycles. The quantitative estimate of drug-likeness (QED) is 0.527. The van der Waals surface area contributed by atoms with Crippen molar-refractivity contribution in [2.45, 2.75) is 6.92 Å². The first kappa shape index (κ1) is 11.2. The van der Waals surface area contributed by atoms with Crippen molar-refractivity contribution in [2.75, 3.05) is 0 Å². The minimum Gasteiger partial charge on any atom is -0.354 e. The number of H-pyrrole nitrogens is 1. The second-order valence-electron chi connectivity index (χ2n) is 5.09. The van der Waals surface area contributed by atoms with Crippen LogP contribution in [0.5, 0.6) is 0 Å². The number of para-hydroxylation sites is 1. The summed E-state index contributed by atoms with van der Waals surface area (Å²) in [6.45, 7) is 2.15. The van der Waals surface area contributed by atoms with Crippen molar-refractivity contribution in [3.05, 3.63) is 66.5 Å². The largest absolute Gasteiger partial charge is 0.354 e. The predicted octanol–water partition coefficient (Wildman–Crippen LogP) is 4.69. The smallest absolute Gasteiger partial charge is 0.0547 e. The molecule has 0 fully saturated rings. The van der Waals surface area contributed by atoms with Gasteiger partial charge in [-0.05, 0) is 24.6 Å². The molecule has 0 aliphatic heterocycles. The maximum absolute atomic E-state index is 4.25. The second-order valence-corrected chi connectivity index (χ2v) is 5.09. The Labute approximate surface area is 117 Å². The molecule has 0 radical (unpaired) electrons. The topological polar surface area (TPSA) is 28.7 Å². The third kappa shape index (κ3) is 1.55. The summed E-state index contributed by atoms with van der Waals surface area (Å²) in [5.41, 5.74) is 6.03. The van der Waals surface area contributed by atoms with E-state index in [9.17, 15) is 0 Å². The van der Waals surface area contributed by atoms with Crippen LogP contribution < -0.4 is 0 Å². The van der Waals surface area contributed by atoms with E-state index < -0.39 is 0 Å². The third-order valence-corrected chi connectivity index (χ3v) is 3.84. The summed E-state index contributed by atoms with van der Waals surface area (Å²) in [5, 5.41) is 2.54. The van der Waals surface area contributed by atoms with Crippen LogP contribution in [0.4, 0.5) is 0 Å². The highest BCUT2D eigenvalue weighted by Gasteiger charge is 2.11. The van der Waals surface area contributed by atoms with Crippen molar-refractivity contribution in [3.8, 4) is 11.1 Å². The molecule has 0 saturated carbocycles. The van der Waals surface area contributed by atoms with Crippen LogP contribution in [-0.2, 0) is 0 Å². The summed E-state index contributed by atoms with van der Waals surface area (Å²) in [5.74, 6) is 0. The van der Waals surface area contributed by atoms with Crippen LogP contribution in [0.15, 0.2) is 60.9 Å². The lowest BCUT2D eigenvalue weighted by molar-refractivity contribution is 1.32. The fraction of sp³-hybridized carbons (Fsp3) is 0.0556. The Bertz CT molecular complexity index is 905. The Balaban J connectivity index is 2.17. The van der Waals surface area contributed by atoms with Gasteiger partial charge in [0, 0.05) is 39.8 Å². The first-order valence-electron chi connectivity index (χ1n) is 6.75. The van der Waals surface area contributed by atoms with E-state index in [1.165, 1.54) is 32.9 Å². The van der Waals surface area contributed by atoms with Crippen molar-refractivity contribution in [3.63, 3.8) is 0 Å². The number of fused-ring (bicyclic) bond motifs is 3. The molecule has 4 aromatic rings. The van der Waals surface area contributed by atoms with Crippen LogP contribution in [0.1, 0.15) is 5.56 Å². The van der Waals surface area contributed by atoms with Crippen LogP contribution in [0, 0.1) is 6.92 Å². The van der Waals surface area contributed by atoms with Crippen LogP contribution in [0.2, 0.25) is 0 Å². The maximum Gasteiger partial charge on any atom is 0.0547 e. The highest BCUT2D eigenvalue weighted by molar-refractivity contribution is 6.12. The Morgan fingerprint density at radius 3 is 2.65 bits per heavy atom. The number of pyridine rings is 1. The van der Waals surface area contributed by atoms with Crippen LogP contribution in [0.3, 0.4) is 0 Å². The van der Waals surface area contributed by atoms with Gasteiger partial charge in [-0.1, -0.05) is 36.4 Å². The predicted molar refractivity (Wildman–Crippen MR) is 83.8 cm³/mol. The van der Waals surface area contributed by atoms with E-state index in [0.29, 0.717) is 0 Å². The maximum atomic E-state index is 4.25. The van der Waals surface area contributed by atoms with Crippen molar-refractivity contribution < 1.29 is 0 Å². The Morgan fingerprint density at radius 1 is 0.900 bits per heavy atom. The van der Waals surface area contributed by atoms with Gasteiger partial charge in [-0.25, -0.2) is 0 Å². The lowest BCUT2D eigenvalue weighted by atomic mass is 9.98. The average Bonchev–Trinajstić information content (AvgIpc) is 2.86. The zero-order valence-electron chi connectivity index (χ0n) is 11.2. The van der Waals surface area contributed by atoms with Gasteiger partial charge >= 0.3 is 0 Å². The van der Waals surface area contributed by atoms with E-state index in [2.05, 4.69) is 59.4 Å². The highest BCUT2D eigenvalue weighted by Crippen LogP contribution is 2.34. The van der Waals surface area contributed by atoms with Crippen molar-refractivity contribution in [1.82, 2.24) is 9.97 Å². The number of benzene rings is 2. The van der Waals surface area contributed by atoms with Gasteiger partial charge in [0.2, 0.25) is 0 Å². The summed E-state index contributed by atoms with van der Waals surface area (Å²) < 4.78 is 0. The van der Waals surface area contributed by atoms with Crippen molar-refractivity contribution in [1.29, 1.82) is 0 Å². The molecule has 20 heavy (non-hydrogen) atoms. The summed E-state index contributed by atoms with van der Waals surface area (Å²) >= 11 is 0. The molecular weight excluding hydrogens is 244 g/mol. The monoisotopic (exact) mass is 258 g/mol. The van der Waals surface area contributed by atoms with Gasteiger partial charge in [-0.15, -0.1) is 0 Å². The molecule has 2 nitrogen and oxygen atoms in total. The molecule has 0 saturated heterocycles. The molecule has 0 bridgehead atoms. The van der Waals surface area contributed by atoms with Gasteiger partial charge in [-0.2, -0.15) is 0 Å². The molecule has 4 rings (SSSR count). The van der Waals surface area contributed by atoms with E-state index in [0.717, 1.165) is 5.56 Å². The SMILES string of the molecule is Cc1ccc2c([nH]c3ccccc32)c1-c1cccnc1. The minimum absolute atomic E-state index is 1.15. The summed E-state index contributed by atoms with van der Waals surface area (Å²) in [6, 6.07) is 16.9. The normalized spacial score (nSPS) is 11.2. The molecule has 0 aliphatic rings. The van der Waals surface area contributed by atoms with Crippen LogP contribution in [0.25, 0.3) is 32.9 Å². The van der Waals surface area contributed by atoms with E-state index in [4.69, 9.17) is 0 Å². The van der Waals surface area contributed by atoms with E-state index in [1.807, 2.05) is 18.5 Å². The number of hydrogen-bond acceptors (Lipinski definition) is 1. The van der Waals surface area contributed by atoms with Crippen LogP contribution in [-0.4, -0.2) is 9.97 Å². The highest BCUT2D eigenvalue weighted by atomic mass is 14.7. The number of aryl methyl sites for hydroxylation is 1. The molecular formula is C18H14N2. The molecule has 0 spiro atoms. The van der Waals surface area contributed by atoms with Gasteiger partial charge in [-0.3, -0.25) is 4.98 Å². The first-order valence-corrected chi connectivity index (χ1v) is 6.75. The van der Waals surface area contributed by atoms with Gasteiger partial charge < -0.3 is 4.98 Å². The number of hydrogen-bond donors (Lipinski definition) is 1. The summed E-state index contributed by atoms with van der Waals surface area (Å²) in [4.78, 5) is 7.81. The number of aromatic nitrogens is 2. The van der Waals surface area contributed by atoms with Gasteiger partial charge in [0.05, 0.1) is 5.52 Å². The minimum atomic E-state index is 1.15. The summed E-state index contributed by atoms with van der Waals surface area (Å²) in [7, 11) is 0. The van der Waals surface area contributed by atoms with E-state index >= 15 is 0 Å². The summed E-state index contributed by atoms with van der Waals surface area (Å²) in [6.07, 6.45) is 3.73. The molecule has 2 aromatic carbocycles.